The summed E-state index contributed by atoms with van der Waals surface area (Å²) >= 11 is 6.35. The van der Waals surface area contributed by atoms with Crippen molar-refractivity contribution in [2.75, 3.05) is 11.5 Å². The zero-order valence-electron chi connectivity index (χ0n) is 13.4. The molecule has 1 aliphatic heterocycles. The molecule has 2 aromatic rings. The second kappa shape index (κ2) is 6.72. The van der Waals surface area contributed by atoms with Crippen LogP contribution in [0.3, 0.4) is 0 Å². The van der Waals surface area contributed by atoms with Gasteiger partial charge in [-0.3, -0.25) is 4.79 Å². The second-order valence-electron chi connectivity index (χ2n) is 6.00. The highest BCUT2D eigenvalue weighted by atomic mass is 35.5. The van der Waals surface area contributed by atoms with Gasteiger partial charge in [0, 0.05) is 11.1 Å². The fourth-order valence-electron chi connectivity index (χ4n) is 2.80. The van der Waals surface area contributed by atoms with Gasteiger partial charge in [0.25, 0.3) is 0 Å². The van der Waals surface area contributed by atoms with Gasteiger partial charge in [-0.15, -0.1) is 0 Å². The van der Waals surface area contributed by atoms with Crippen LogP contribution in [0, 0.1) is 12.7 Å². The van der Waals surface area contributed by atoms with Gasteiger partial charge in [0.1, 0.15) is 11.0 Å². The molecule has 1 aromatic heterocycles. The van der Waals surface area contributed by atoms with Gasteiger partial charge in [-0.2, -0.15) is 5.10 Å². The zero-order chi connectivity index (χ0) is 18.2. The molecule has 0 N–H and O–H groups in total. The molecule has 1 aromatic carbocycles. The average Bonchev–Trinajstić information content (AvgIpc) is 3.05. The van der Waals surface area contributed by atoms with Crippen molar-refractivity contribution in [3.05, 3.63) is 58.1 Å². The summed E-state index contributed by atoms with van der Waals surface area (Å²) in [6.07, 6.45) is 3.37. The zero-order valence-corrected chi connectivity index (χ0v) is 15.0. The van der Waals surface area contributed by atoms with Crippen molar-refractivity contribution in [3.63, 3.8) is 0 Å². The lowest BCUT2D eigenvalue weighted by Gasteiger charge is -2.09. The predicted molar refractivity (Wildman–Crippen MR) is 94.0 cm³/mol. The number of nitrogens with zero attached hydrogens (tertiary/aromatic N) is 2. The molecule has 1 atom stereocenters. The van der Waals surface area contributed by atoms with E-state index < -0.39 is 15.7 Å². The normalized spacial score (nSPS) is 19.6. The van der Waals surface area contributed by atoms with Crippen molar-refractivity contribution in [1.82, 2.24) is 9.78 Å². The minimum Gasteiger partial charge on any atom is -0.289 e. The number of sulfone groups is 1. The maximum atomic E-state index is 12.9. The minimum atomic E-state index is -3.05. The molecule has 8 heteroatoms. The Morgan fingerprint density at radius 3 is 2.64 bits per heavy atom. The van der Waals surface area contributed by atoms with E-state index >= 15 is 0 Å². The smallest absolute Gasteiger partial charge is 0.185 e. The van der Waals surface area contributed by atoms with Gasteiger partial charge in [0.2, 0.25) is 0 Å². The Bertz CT molecular complexity index is 949. The van der Waals surface area contributed by atoms with Gasteiger partial charge >= 0.3 is 0 Å². The van der Waals surface area contributed by atoms with Crippen LogP contribution in [0.2, 0.25) is 5.15 Å². The quantitative estimate of drug-likeness (QED) is 0.601. The summed E-state index contributed by atoms with van der Waals surface area (Å²) in [5.74, 6) is -0.550. The maximum Gasteiger partial charge on any atom is 0.185 e. The molecular formula is C17H16ClFN2O3S. The molecular weight excluding hydrogens is 367 g/mol. The fraction of sp³-hybridized carbons (Fsp3) is 0.294. The Morgan fingerprint density at radius 2 is 2.04 bits per heavy atom. The van der Waals surface area contributed by atoms with E-state index in [4.69, 9.17) is 11.6 Å². The Hall–Kier alpha value is -1.99. The van der Waals surface area contributed by atoms with Crippen molar-refractivity contribution in [2.45, 2.75) is 19.4 Å². The molecule has 0 bridgehead atoms. The minimum absolute atomic E-state index is 0.0193. The van der Waals surface area contributed by atoms with Crippen molar-refractivity contribution >= 4 is 33.3 Å². The Kier molecular flexibility index (Phi) is 4.79. The van der Waals surface area contributed by atoms with Gasteiger partial charge in [0.05, 0.1) is 23.2 Å². The molecule has 25 heavy (non-hydrogen) atoms. The molecule has 0 unspecified atom stereocenters. The number of hydrogen-bond acceptors (Lipinski definition) is 4. The molecule has 0 radical (unpaired) electrons. The van der Waals surface area contributed by atoms with Crippen molar-refractivity contribution in [1.29, 1.82) is 0 Å². The van der Waals surface area contributed by atoms with E-state index in [0.29, 0.717) is 28.4 Å². The highest BCUT2D eigenvalue weighted by Gasteiger charge is 2.31. The van der Waals surface area contributed by atoms with Gasteiger partial charge in [0.15, 0.2) is 15.6 Å². The molecule has 0 spiro atoms. The average molecular weight is 383 g/mol. The molecule has 132 valence electrons. The van der Waals surface area contributed by atoms with Crippen LogP contribution in [0.4, 0.5) is 4.39 Å². The summed E-state index contributed by atoms with van der Waals surface area (Å²) < 4.78 is 37.7. The molecule has 0 amide bonds. The summed E-state index contributed by atoms with van der Waals surface area (Å²) in [4.78, 5) is 12.1. The van der Waals surface area contributed by atoms with Crippen LogP contribution in [-0.2, 0) is 9.84 Å². The first-order chi connectivity index (χ1) is 11.8. The summed E-state index contributed by atoms with van der Waals surface area (Å²) in [5, 5.41) is 4.64. The Morgan fingerprint density at radius 1 is 1.36 bits per heavy atom. The lowest BCUT2D eigenvalue weighted by molar-refractivity contribution is 0.104. The number of ketones is 1. The first-order valence-electron chi connectivity index (χ1n) is 7.70. The lowest BCUT2D eigenvalue weighted by atomic mass is 10.1. The number of aryl methyl sites for hydroxylation is 1. The lowest BCUT2D eigenvalue weighted by Crippen LogP contribution is -2.12. The van der Waals surface area contributed by atoms with Gasteiger partial charge in [-0.25, -0.2) is 17.5 Å². The largest absolute Gasteiger partial charge is 0.289 e. The third-order valence-corrected chi connectivity index (χ3v) is 6.28. The molecule has 1 fully saturated rings. The molecule has 1 saturated heterocycles. The highest BCUT2D eigenvalue weighted by molar-refractivity contribution is 7.91. The molecule has 5 nitrogen and oxygen atoms in total. The molecule has 3 rings (SSSR count). The van der Waals surface area contributed by atoms with E-state index in [1.807, 2.05) is 0 Å². The summed E-state index contributed by atoms with van der Waals surface area (Å²) in [7, 11) is -3.05. The van der Waals surface area contributed by atoms with E-state index in [2.05, 4.69) is 5.10 Å². The van der Waals surface area contributed by atoms with Crippen molar-refractivity contribution in [3.8, 4) is 0 Å². The van der Waals surface area contributed by atoms with Crippen LogP contribution in [-0.4, -0.2) is 35.5 Å². The standard InChI is InChI=1S/C17H16ClFN2O3S/c1-11-15(6-7-16(22)12-2-4-13(19)5-3-12)17(18)21(20-11)14-8-9-25(23,24)10-14/h2-7,14H,8-10H2,1H3/b7-6+/t14-/m1/s1. The molecule has 2 heterocycles. The predicted octanol–water partition coefficient (Wildman–Crippen LogP) is 3.24. The number of carbonyl (C=O) groups is 1. The van der Waals surface area contributed by atoms with Crippen LogP contribution < -0.4 is 0 Å². The summed E-state index contributed by atoms with van der Waals surface area (Å²) in [6, 6.07) is 4.97. The van der Waals surface area contributed by atoms with Crippen molar-refractivity contribution < 1.29 is 17.6 Å². The Balaban J connectivity index is 1.83. The van der Waals surface area contributed by atoms with E-state index in [0.717, 1.165) is 0 Å². The highest BCUT2D eigenvalue weighted by Crippen LogP contribution is 2.30. The van der Waals surface area contributed by atoms with Gasteiger partial charge in [-0.1, -0.05) is 11.6 Å². The van der Waals surface area contributed by atoms with Crippen LogP contribution in [0.1, 0.15) is 34.1 Å². The Labute approximate surface area is 150 Å². The van der Waals surface area contributed by atoms with E-state index in [9.17, 15) is 17.6 Å². The van der Waals surface area contributed by atoms with Crippen LogP contribution in [0.5, 0.6) is 0 Å². The monoisotopic (exact) mass is 382 g/mol. The summed E-state index contributed by atoms with van der Waals surface area (Å²) in [5.41, 5.74) is 1.54. The van der Waals surface area contributed by atoms with E-state index in [1.54, 1.807) is 13.0 Å². The first-order valence-corrected chi connectivity index (χ1v) is 9.90. The van der Waals surface area contributed by atoms with Gasteiger partial charge in [-0.05, 0) is 49.8 Å². The fourth-order valence-corrected chi connectivity index (χ4v) is 4.87. The number of rotatable bonds is 4. The first kappa shape index (κ1) is 17.8. The third kappa shape index (κ3) is 3.82. The van der Waals surface area contributed by atoms with Crippen LogP contribution >= 0.6 is 11.6 Å². The van der Waals surface area contributed by atoms with Gasteiger partial charge < -0.3 is 0 Å². The number of aromatic nitrogens is 2. The third-order valence-electron chi connectivity index (χ3n) is 4.16. The van der Waals surface area contributed by atoms with E-state index in [1.165, 1.54) is 35.0 Å². The van der Waals surface area contributed by atoms with Crippen LogP contribution in [0.25, 0.3) is 6.08 Å². The number of allylic oxidation sites excluding steroid dienone is 1. The number of carbonyl (C=O) groups excluding carboxylic acids is 1. The number of hydrogen-bond donors (Lipinski definition) is 0. The maximum absolute atomic E-state index is 12.9. The van der Waals surface area contributed by atoms with E-state index in [-0.39, 0.29) is 23.3 Å². The SMILES string of the molecule is Cc1nn([C@@H]2CCS(=O)(=O)C2)c(Cl)c1/C=C/C(=O)c1ccc(F)cc1. The van der Waals surface area contributed by atoms with Crippen molar-refractivity contribution in [2.24, 2.45) is 0 Å². The number of halogens is 2. The molecule has 0 saturated carbocycles. The topological polar surface area (TPSA) is 69.0 Å². The second-order valence-corrected chi connectivity index (χ2v) is 8.58. The van der Waals surface area contributed by atoms with Crippen LogP contribution in [0.15, 0.2) is 30.3 Å². The molecule has 1 aliphatic rings. The molecule has 0 aliphatic carbocycles. The number of benzene rings is 1. The summed E-state index contributed by atoms with van der Waals surface area (Å²) in [6.45, 7) is 1.74.